The summed E-state index contributed by atoms with van der Waals surface area (Å²) in [5.41, 5.74) is 0. The average Bonchev–Trinajstić information content (AvgIpc) is 3.05. The summed E-state index contributed by atoms with van der Waals surface area (Å²) in [6.45, 7) is 0.439. The molecule has 0 spiro atoms. The van der Waals surface area contributed by atoms with Gasteiger partial charge in [0, 0.05) is 13.0 Å². The van der Waals surface area contributed by atoms with Crippen molar-refractivity contribution in [2.75, 3.05) is 6.54 Å². The highest BCUT2D eigenvalue weighted by Gasteiger charge is 2.35. The van der Waals surface area contributed by atoms with Gasteiger partial charge in [-0.15, -0.1) is 11.3 Å². The Morgan fingerprint density at radius 2 is 2.14 bits per heavy atom. The molecule has 1 amide bonds. The van der Waals surface area contributed by atoms with Crippen LogP contribution in [0.3, 0.4) is 0 Å². The molecule has 2 atom stereocenters. The predicted molar refractivity (Wildman–Crippen MR) is 86.1 cm³/mol. The van der Waals surface area contributed by atoms with Crippen molar-refractivity contribution in [2.45, 2.75) is 30.1 Å². The second-order valence-electron chi connectivity index (χ2n) is 4.72. The third kappa shape index (κ3) is 3.92. The molecule has 0 aromatic carbocycles. The van der Waals surface area contributed by atoms with Gasteiger partial charge in [0.25, 0.3) is 0 Å². The maximum Gasteiger partial charge on any atom is 0.326 e. The molecule has 2 heterocycles. The molecule has 5 nitrogen and oxygen atoms in total. The van der Waals surface area contributed by atoms with E-state index in [0.717, 1.165) is 3.79 Å². The fourth-order valence-electron chi connectivity index (χ4n) is 2.29. The first-order valence-electron chi connectivity index (χ1n) is 6.36. The van der Waals surface area contributed by atoms with Gasteiger partial charge in [0.05, 0.1) is 13.5 Å². The summed E-state index contributed by atoms with van der Waals surface area (Å²) in [6, 6.07) is 2.72. The number of hydrogen-bond acceptors (Lipinski definition) is 4. The molecule has 2 rings (SSSR count). The highest BCUT2D eigenvalue weighted by molar-refractivity contribution is 9.11. The number of likely N-dealkylation sites (tertiary alicyclic amines) is 1. The molecule has 1 aliphatic heterocycles. The molecular formula is C13H13Br2NO4S. The molecule has 1 N–H and O–H groups in total. The molecule has 1 fully saturated rings. The van der Waals surface area contributed by atoms with Crippen LogP contribution in [-0.2, 0) is 9.59 Å². The molecule has 0 saturated carbocycles. The van der Waals surface area contributed by atoms with Crippen LogP contribution in [0.15, 0.2) is 15.9 Å². The molecule has 1 unspecified atom stereocenters. The summed E-state index contributed by atoms with van der Waals surface area (Å²) in [5.74, 6) is -1.45. The number of carbonyl (C=O) groups excluding carboxylic acids is 2. The highest BCUT2D eigenvalue weighted by Crippen LogP contribution is 2.26. The second-order valence-corrected chi connectivity index (χ2v) is 8.29. The maximum absolute atomic E-state index is 12.2. The van der Waals surface area contributed by atoms with E-state index in [1.165, 1.54) is 16.2 Å². The smallest absolute Gasteiger partial charge is 0.326 e. The van der Waals surface area contributed by atoms with E-state index in [0.29, 0.717) is 24.3 Å². The molecule has 0 bridgehead atoms. The zero-order valence-corrected chi connectivity index (χ0v) is 14.9. The Balaban J connectivity index is 1.99. The van der Waals surface area contributed by atoms with Crippen molar-refractivity contribution >= 4 is 60.9 Å². The van der Waals surface area contributed by atoms with E-state index < -0.39 is 16.8 Å². The van der Waals surface area contributed by atoms with Crippen LogP contribution in [0.2, 0.25) is 0 Å². The number of amides is 1. The van der Waals surface area contributed by atoms with E-state index in [9.17, 15) is 14.4 Å². The van der Waals surface area contributed by atoms with E-state index >= 15 is 0 Å². The average molecular weight is 439 g/mol. The van der Waals surface area contributed by atoms with Gasteiger partial charge < -0.3 is 10.0 Å². The number of rotatable bonds is 5. The van der Waals surface area contributed by atoms with Crippen molar-refractivity contribution in [1.29, 1.82) is 0 Å². The minimum Gasteiger partial charge on any atom is -0.480 e. The van der Waals surface area contributed by atoms with Gasteiger partial charge in [-0.25, -0.2) is 4.79 Å². The van der Waals surface area contributed by atoms with Crippen molar-refractivity contribution in [2.24, 2.45) is 0 Å². The standard InChI is InChI=1S/C13H13Br2NO4S/c14-7(12(18)9-3-4-10(15)21-9)6-11(17)16-5-1-2-8(16)13(19)20/h3-4,7-8H,1-2,5-6H2,(H,19,20)/t7?,8-/m0/s1. The summed E-state index contributed by atoms with van der Waals surface area (Å²) in [4.78, 5) is 36.7. The lowest BCUT2D eigenvalue weighted by Gasteiger charge is -2.22. The van der Waals surface area contributed by atoms with E-state index in [1.807, 2.05) is 0 Å². The van der Waals surface area contributed by atoms with Gasteiger partial charge >= 0.3 is 5.97 Å². The molecule has 21 heavy (non-hydrogen) atoms. The minimum absolute atomic E-state index is 0.0296. The van der Waals surface area contributed by atoms with Gasteiger partial charge in [-0.2, -0.15) is 0 Å². The summed E-state index contributed by atoms with van der Waals surface area (Å²) >= 11 is 7.84. The van der Waals surface area contributed by atoms with Crippen LogP contribution in [0.5, 0.6) is 0 Å². The third-order valence-corrected chi connectivity index (χ3v) is 5.69. The lowest BCUT2D eigenvalue weighted by atomic mass is 10.1. The zero-order chi connectivity index (χ0) is 15.6. The lowest BCUT2D eigenvalue weighted by Crippen LogP contribution is -2.41. The predicted octanol–water partition coefficient (Wildman–Crippen LogP) is 2.92. The summed E-state index contributed by atoms with van der Waals surface area (Å²) < 4.78 is 0.849. The number of carboxylic acid groups (broad SMARTS) is 1. The first kappa shape index (κ1) is 16.6. The van der Waals surface area contributed by atoms with Crippen LogP contribution in [0, 0.1) is 0 Å². The van der Waals surface area contributed by atoms with E-state index in [4.69, 9.17) is 5.11 Å². The quantitative estimate of drug-likeness (QED) is 0.566. The van der Waals surface area contributed by atoms with E-state index in [1.54, 1.807) is 12.1 Å². The van der Waals surface area contributed by atoms with Crippen molar-refractivity contribution < 1.29 is 19.5 Å². The Kier molecular flexibility index (Phi) is 5.56. The van der Waals surface area contributed by atoms with Crippen LogP contribution in [0.25, 0.3) is 0 Å². The first-order chi connectivity index (χ1) is 9.90. The Morgan fingerprint density at radius 3 is 2.71 bits per heavy atom. The molecule has 1 aromatic heterocycles. The number of Topliss-reactive ketones (excluding diaryl/α,β-unsaturated/α-hetero) is 1. The Hall–Kier alpha value is -0.730. The van der Waals surface area contributed by atoms with Gasteiger partial charge in [0.15, 0.2) is 5.78 Å². The molecule has 0 radical (unpaired) electrons. The monoisotopic (exact) mass is 437 g/mol. The van der Waals surface area contributed by atoms with Gasteiger partial charge in [-0.1, -0.05) is 15.9 Å². The van der Waals surface area contributed by atoms with Gasteiger partial charge in [0.2, 0.25) is 5.91 Å². The molecular weight excluding hydrogens is 426 g/mol. The normalized spacial score (nSPS) is 19.5. The number of aliphatic carboxylic acids is 1. The lowest BCUT2D eigenvalue weighted by molar-refractivity contribution is -0.148. The number of thiophene rings is 1. The topological polar surface area (TPSA) is 74.7 Å². The highest BCUT2D eigenvalue weighted by atomic mass is 79.9. The Labute approximate surface area is 142 Å². The number of carbonyl (C=O) groups is 3. The van der Waals surface area contributed by atoms with Crippen LogP contribution in [0.4, 0.5) is 0 Å². The molecule has 114 valence electrons. The van der Waals surface area contributed by atoms with Crippen LogP contribution in [-0.4, -0.2) is 45.1 Å². The van der Waals surface area contributed by atoms with E-state index in [2.05, 4.69) is 31.9 Å². The number of carboxylic acids is 1. The maximum atomic E-state index is 12.2. The largest absolute Gasteiger partial charge is 0.480 e. The molecule has 1 saturated heterocycles. The molecule has 1 aromatic rings. The van der Waals surface area contributed by atoms with Crippen LogP contribution in [0.1, 0.15) is 28.9 Å². The second kappa shape index (κ2) is 7.02. The fraction of sp³-hybridized carbons (Fsp3) is 0.462. The number of halogens is 2. The van der Waals surface area contributed by atoms with Gasteiger partial charge in [0.1, 0.15) is 6.04 Å². The van der Waals surface area contributed by atoms with Crippen molar-refractivity contribution in [3.05, 3.63) is 20.8 Å². The van der Waals surface area contributed by atoms with Crippen molar-refractivity contribution in [3.63, 3.8) is 0 Å². The zero-order valence-electron chi connectivity index (χ0n) is 10.9. The molecule has 1 aliphatic rings. The minimum atomic E-state index is -0.986. The molecule has 0 aliphatic carbocycles. The summed E-state index contributed by atoms with van der Waals surface area (Å²) in [5, 5.41) is 9.08. The summed E-state index contributed by atoms with van der Waals surface area (Å²) in [7, 11) is 0. The number of nitrogens with zero attached hydrogens (tertiary/aromatic N) is 1. The number of ketones is 1. The van der Waals surface area contributed by atoms with Crippen molar-refractivity contribution in [1.82, 2.24) is 4.90 Å². The van der Waals surface area contributed by atoms with Crippen LogP contribution < -0.4 is 0 Å². The fourth-order valence-corrected chi connectivity index (χ4v) is 4.34. The van der Waals surface area contributed by atoms with Gasteiger partial charge in [-0.3, -0.25) is 9.59 Å². The summed E-state index contributed by atoms with van der Waals surface area (Å²) in [6.07, 6.45) is 1.12. The third-order valence-electron chi connectivity index (χ3n) is 3.31. The first-order valence-corrected chi connectivity index (χ1v) is 8.88. The number of hydrogen-bond donors (Lipinski definition) is 1. The Morgan fingerprint density at radius 1 is 1.43 bits per heavy atom. The van der Waals surface area contributed by atoms with Gasteiger partial charge in [-0.05, 0) is 40.9 Å². The Bertz CT molecular complexity index is 574. The number of alkyl halides is 1. The molecule has 8 heteroatoms. The van der Waals surface area contributed by atoms with Crippen LogP contribution >= 0.6 is 43.2 Å². The van der Waals surface area contributed by atoms with Crippen molar-refractivity contribution in [3.8, 4) is 0 Å². The van der Waals surface area contributed by atoms with E-state index in [-0.39, 0.29) is 18.1 Å². The SMILES string of the molecule is O=C(c1ccc(Br)s1)C(Br)CC(=O)N1CCC[C@H]1C(=O)O.